The van der Waals surface area contributed by atoms with Crippen molar-refractivity contribution in [3.63, 3.8) is 0 Å². The quantitative estimate of drug-likeness (QED) is 0.572. The SMILES string of the molecule is CC(C)c1cnn2c1N(CCN)C(N)N(Cc1ccccc1-n1cccn1)C2N. The molecule has 0 saturated heterocycles. The minimum Gasteiger partial charge on any atom is -0.329 e. The predicted molar refractivity (Wildman–Crippen MR) is 113 cm³/mol. The van der Waals surface area contributed by atoms with Gasteiger partial charge in [0, 0.05) is 37.6 Å². The van der Waals surface area contributed by atoms with E-state index in [9.17, 15) is 0 Å². The maximum Gasteiger partial charge on any atom is 0.160 e. The van der Waals surface area contributed by atoms with Gasteiger partial charge in [0.15, 0.2) is 6.29 Å². The minimum absolute atomic E-state index is 0.311. The minimum atomic E-state index is -0.479. The van der Waals surface area contributed by atoms with Crippen molar-refractivity contribution in [1.29, 1.82) is 0 Å². The Kier molecular flexibility index (Phi) is 5.37. The Bertz CT molecular complexity index is 947. The molecule has 0 saturated carbocycles. The second-order valence-corrected chi connectivity index (χ2v) is 7.58. The van der Waals surface area contributed by atoms with Gasteiger partial charge in [-0.15, -0.1) is 0 Å². The largest absolute Gasteiger partial charge is 0.329 e. The summed E-state index contributed by atoms with van der Waals surface area (Å²) in [6.07, 6.45) is 4.68. The molecule has 0 amide bonds. The van der Waals surface area contributed by atoms with Gasteiger partial charge in [0.05, 0.1) is 11.9 Å². The van der Waals surface area contributed by atoms with Crippen molar-refractivity contribution in [2.24, 2.45) is 17.2 Å². The molecular formula is C20H29N9. The number of hydrogen-bond acceptors (Lipinski definition) is 7. The van der Waals surface area contributed by atoms with E-state index >= 15 is 0 Å². The van der Waals surface area contributed by atoms with Crippen LogP contribution in [0.1, 0.15) is 37.2 Å². The zero-order chi connectivity index (χ0) is 20.5. The maximum absolute atomic E-state index is 6.71. The molecule has 2 aromatic heterocycles. The number of rotatable bonds is 6. The summed E-state index contributed by atoms with van der Waals surface area (Å²) in [5, 5.41) is 8.96. The molecule has 154 valence electrons. The summed E-state index contributed by atoms with van der Waals surface area (Å²) in [6, 6.07) is 10.0. The molecule has 3 heterocycles. The molecule has 1 aliphatic heterocycles. The van der Waals surface area contributed by atoms with Gasteiger partial charge < -0.3 is 10.6 Å². The normalized spacial score (nSPS) is 19.7. The summed E-state index contributed by atoms with van der Waals surface area (Å²) in [4.78, 5) is 4.13. The van der Waals surface area contributed by atoms with Crippen molar-refractivity contribution in [3.8, 4) is 5.69 Å². The van der Waals surface area contributed by atoms with Crippen LogP contribution in [0, 0.1) is 0 Å². The molecule has 0 fully saturated rings. The lowest BCUT2D eigenvalue weighted by Gasteiger charge is -2.46. The number of benzene rings is 1. The van der Waals surface area contributed by atoms with Crippen LogP contribution in [0.3, 0.4) is 0 Å². The van der Waals surface area contributed by atoms with E-state index in [4.69, 9.17) is 17.2 Å². The Morgan fingerprint density at radius 3 is 2.55 bits per heavy atom. The van der Waals surface area contributed by atoms with Gasteiger partial charge in [-0.1, -0.05) is 32.0 Å². The molecular weight excluding hydrogens is 366 g/mol. The monoisotopic (exact) mass is 395 g/mol. The molecule has 9 heteroatoms. The first-order valence-electron chi connectivity index (χ1n) is 9.92. The first-order chi connectivity index (χ1) is 14.0. The molecule has 1 aromatic carbocycles. The van der Waals surface area contributed by atoms with Gasteiger partial charge in [-0.25, -0.2) is 14.3 Å². The van der Waals surface area contributed by atoms with Crippen LogP contribution >= 0.6 is 0 Å². The number of hydrogen-bond donors (Lipinski definition) is 3. The van der Waals surface area contributed by atoms with E-state index in [1.165, 1.54) is 0 Å². The van der Waals surface area contributed by atoms with Gasteiger partial charge >= 0.3 is 0 Å². The third-order valence-corrected chi connectivity index (χ3v) is 5.41. The van der Waals surface area contributed by atoms with Crippen molar-refractivity contribution in [2.75, 3.05) is 18.0 Å². The van der Waals surface area contributed by atoms with E-state index in [2.05, 4.69) is 35.0 Å². The first-order valence-corrected chi connectivity index (χ1v) is 9.92. The highest BCUT2D eigenvalue weighted by atomic mass is 15.6. The van der Waals surface area contributed by atoms with E-state index in [0.717, 1.165) is 22.6 Å². The summed E-state index contributed by atoms with van der Waals surface area (Å²) >= 11 is 0. The molecule has 2 unspecified atom stereocenters. The van der Waals surface area contributed by atoms with Crippen molar-refractivity contribution < 1.29 is 0 Å². The second kappa shape index (κ2) is 7.96. The van der Waals surface area contributed by atoms with E-state index < -0.39 is 12.6 Å². The van der Waals surface area contributed by atoms with E-state index in [1.807, 2.05) is 50.9 Å². The lowest BCUT2D eigenvalue weighted by atomic mass is 10.1. The standard InChI is InChI=1S/C20H29N9/c1-14(2)16-12-25-29-18(16)26(11-8-21)19(22)27(20(29)23)13-15-6-3-4-7-17(15)28-10-5-9-24-28/h3-7,9-10,12,14,19-20H,8,11,13,21-23H2,1-2H3. The van der Waals surface area contributed by atoms with Crippen LogP contribution in [0.25, 0.3) is 5.69 Å². The molecule has 0 aliphatic carbocycles. The van der Waals surface area contributed by atoms with Crippen LogP contribution in [-0.4, -0.2) is 43.8 Å². The number of para-hydroxylation sites is 1. The first kappa shape index (κ1) is 19.6. The fourth-order valence-electron chi connectivity index (χ4n) is 3.91. The Labute approximate surface area is 170 Å². The van der Waals surface area contributed by atoms with Gasteiger partial charge in [0.1, 0.15) is 12.1 Å². The lowest BCUT2D eigenvalue weighted by Crippen LogP contribution is -2.63. The second-order valence-electron chi connectivity index (χ2n) is 7.58. The molecule has 4 rings (SSSR count). The number of anilines is 1. The topological polar surface area (TPSA) is 120 Å². The summed E-state index contributed by atoms with van der Waals surface area (Å²) in [7, 11) is 0. The highest BCUT2D eigenvalue weighted by Gasteiger charge is 2.38. The molecule has 1 aliphatic rings. The number of nitrogens with two attached hydrogens (primary N) is 3. The van der Waals surface area contributed by atoms with Crippen LogP contribution in [0.2, 0.25) is 0 Å². The Morgan fingerprint density at radius 2 is 1.86 bits per heavy atom. The highest BCUT2D eigenvalue weighted by molar-refractivity contribution is 5.51. The van der Waals surface area contributed by atoms with Gasteiger partial charge in [-0.05, 0) is 23.6 Å². The van der Waals surface area contributed by atoms with Crippen LogP contribution in [0.5, 0.6) is 0 Å². The van der Waals surface area contributed by atoms with E-state index in [1.54, 1.807) is 6.20 Å². The van der Waals surface area contributed by atoms with Gasteiger partial charge in [0.2, 0.25) is 0 Å². The lowest BCUT2D eigenvalue weighted by molar-refractivity contribution is 0.0526. The van der Waals surface area contributed by atoms with Gasteiger partial charge in [-0.2, -0.15) is 10.2 Å². The molecule has 29 heavy (non-hydrogen) atoms. The van der Waals surface area contributed by atoms with Crippen molar-refractivity contribution in [3.05, 3.63) is 60.0 Å². The van der Waals surface area contributed by atoms with Crippen LogP contribution < -0.4 is 22.1 Å². The van der Waals surface area contributed by atoms with Crippen LogP contribution in [-0.2, 0) is 6.54 Å². The third kappa shape index (κ3) is 3.42. The molecule has 0 bridgehead atoms. The fraction of sp³-hybridized carbons (Fsp3) is 0.400. The smallest absolute Gasteiger partial charge is 0.160 e. The van der Waals surface area contributed by atoms with E-state index in [0.29, 0.717) is 25.6 Å². The summed E-state index contributed by atoms with van der Waals surface area (Å²) < 4.78 is 3.70. The molecule has 6 N–H and O–H groups in total. The van der Waals surface area contributed by atoms with Crippen LogP contribution in [0.4, 0.5) is 5.82 Å². The molecule has 9 nitrogen and oxygen atoms in total. The van der Waals surface area contributed by atoms with Crippen molar-refractivity contribution in [2.45, 2.75) is 38.9 Å². The molecule has 3 aromatic rings. The number of aromatic nitrogens is 4. The molecule has 0 radical (unpaired) electrons. The van der Waals surface area contributed by atoms with Gasteiger partial charge in [-0.3, -0.25) is 11.5 Å². The Balaban J connectivity index is 1.72. The van der Waals surface area contributed by atoms with Crippen LogP contribution in [0.15, 0.2) is 48.9 Å². The number of fused-ring (bicyclic) bond motifs is 1. The summed E-state index contributed by atoms with van der Waals surface area (Å²) in [6.45, 7) is 5.94. The predicted octanol–water partition coefficient (Wildman–Crippen LogP) is 1.13. The Morgan fingerprint density at radius 1 is 1.07 bits per heavy atom. The third-order valence-electron chi connectivity index (χ3n) is 5.41. The van der Waals surface area contributed by atoms with Crippen molar-refractivity contribution >= 4 is 5.82 Å². The maximum atomic E-state index is 6.71. The summed E-state index contributed by atoms with van der Waals surface area (Å²) in [5.74, 6) is 1.27. The van der Waals surface area contributed by atoms with Crippen molar-refractivity contribution in [1.82, 2.24) is 24.5 Å². The molecule has 0 spiro atoms. The average molecular weight is 396 g/mol. The highest BCUT2D eigenvalue weighted by Crippen LogP contribution is 2.35. The Hall–Kier alpha value is -2.72. The average Bonchev–Trinajstić information content (AvgIpc) is 3.39. The number of nitrogens with zero attached hydrogens (tertiary/aromatic N) is 6. The molecule has 2 atom stereocenters. The summed E-state index contributed by atoms with van der Waals surface area (Å²) in [5.41, 5.74) is 22.5. The van der Waals surface area contributed by atoms with Gasteiger partial charge in [0.25, 0.3) is 0 Å². The zero-order valence-electron chi connectivity index (χ0n) is 16.9. The zero-order valence-corrected chi connectivity index (χ0v) is 16.9. The fourth-order valence-corrected chi connectivity index (χ4v) is 3.91. The van der Waals surface area contributed by atoms with E-state index in [-0.39, 0.29) is 0 Å².